The fourth-order valence-corrected chi connectivity index (χ4v) is 6.64. The second-order valence-electron chi connectivity index (χ2n) is 12.0. The number of aromatic nitrogens is 4. The fourth-order valence-electron chi connectivity index (χ4n) is 6.64. The number of fused-ring (bicyclic) bond motifs is 1. The topological polar surface area (TPSA) is 79.6 Å². The zero-order valence-corrected chi connectivity index (χ0v) is 24.6. The van der Waals surface area contributed by atoms with Gasteiger partial charge in [-0.05, 0) is 63.7 Å². The number of hydrogen-bond donors (Lipinski definition) is 0. The van der Waals surface area contributed by atoms with Gasteiger partial charge < -0.3 is 14.5 Å². The summed E-state index contributed by atoms with van der Waals surface area (Å²) in [5.41, 5.74) is 1.10. The van der Waals surface area contributed by atoms with Crippen LogP contribution in [0.4, 0.5) is 14.6 Å². The van der Waals surface area contributed by atoms with Crippen LogP contribution in [-0.4, -0.2) is 94.3 Å². The Bertz CT molecular complexity index is 1390. The minimum Gasteiger partial charge on any atom is -0.378 e. The van der Waals surface area contributed by atoms with Crippen LogP contribution in [0.1, 0.15) is 69.4 Å². The lowest BCUT2D eigenvalue weighted by Crippen LogP contribution is -2.48. The number of carbonyl (C=O) groups is 1. The molecule has 3 saturated heterocycles. The van der Waals surface area contributed by atoms with Crippen molar-refractivity contribution in [2.24, 2.45) is 5.92 Å². The Morgan fingerprint density at radius 3 is 2.60 bits per heavy atom. The maximum Gasteiger partial charge on any atom is 0.296 e. The number of amides is 1. The molecule has 3 atom stereocenters. The van der Waals surface area contributed by atoms with Crippen LogP contribution < -0.4 is 4.90 Å². The van der Waals surface area contributed by atoms with Gasteiger partial charge in [-0.1, -0.05) is 25.5 Å². The summed E-state index contributed by atoms with van der Waals surface area (Å²) in [7, 11) is 2.06. The van der Waals surface area contributed by atoms with E-state index in [1.165, 1.54) is 4.57 Å². The quantitative estimate of drug-likeness (QED) is 0.378. The smallest absolute Gasteiger partial charge is 0.296 e. The molecule has 226 valence electrons. The molecule has 2 unspecified atom stereocenters. The Balaban J connectivity index is 1.22. The monoisotopic (exact) mass is 581 g/mol. The molecule has 0 aliphatic carbocycles. The lowest BCUT2D eigenvalue weighted by atomic mass is 9.95. The van der Waals surface area contributed by atoms with Crippen molar-refractivity contribution in [2.45, 2.75) is 63.8 Å². The molecule has 1 amide bonds. The fraction of sp³-hybridized carbons (Fsp3) is 0.613. The number of ether oxygens (including phenoxy) is 1. The van der Waals surface area contributed by atoms with Crippen LogP contribution in [0.2, 0.25) is 0 Å². The van der Waals surface area contributed by atoms with Gasteiger partial charge in [-0.25, -0.2) is 23.7 Å². The molecule has 0 radical (unpaired) electrons. The van der Waals surface area contributed by atoms with E-state index in [0.29, 0.717) is 54.9 Å². The number of alkyl halides is 2. The molecule has 42 heavy (non-hydrogen) atoms. The molecule has 11 heteroatoms. The number of nitrogens with zero attached hydrogens (tertiary/aromatic N) is 7. The minimum absolute atomic E-state index is 0.0172. The SMILES string of the molecule is CC(CC[C@H]1CCN(C(=O)C2CCCCN2C)C1)c1nc(N2CCOCC2)cc(-n2c(C(F)F)nc3ccccc32)n1. The Labute approximate surface area is 245 Å². The maximum absolute atomic E-state index is 14.2. The summed E-state index contributed by atoms with van der Waals surface area (Å²) in [5, 5.41) is 0. The minimum atomic E-state index is -2.75. The van der Waals surface area contributed by atoms with E-state index in [9.17, 15) is 13.6 Å². The Morgan fingerprint density at radius 1 is 1.02 bits per heavy atom. The number of benzene rings is 1. The normalized spacial score (nSPS) is 22.8. The standard InChI is InChI=1S/C31H41F2N7O2/c1-21(10-11-22-12-14-39(20-22)31(41)25-9-5-6-13-37(25)2)29-35-26(38-15-17-42-18-16-38)19-27(36-29)40-24-8-4-3-7-23(24)34-30(40)28(32)33/h3-4,7-8,19,21-22,25,28H,5-6,9-18,20H2,1-2H3/t21?,22-,25?/m0/s1. The molecule has 0 spiro atoms. The van der Waals surface area contributed by atoms with Crippen LogP contribution in [0.5, 0.6) is 0 Å². The maximum atomic E-state index is 14.2. The molecule has 9 nitrogen and oxygen atoms in total. The van der Waals surface area contributed by atoms with Crippen molar-refractivity contribution in [3.63, 3.8) is 0 Å². The number of morpholine rings is 1. The van der Waals surface area contributed by atoms with Crippen molar-refractivity contribution in [3.8, 4) is 5.82 Å². The third-order valence-electron chi connectivity index (χ3n) is 9.16. The van der Waals surface area contributed by atoms with Crippen LogP contribution >= 0.6 is 0 Å². The molecule has 6 rings (SSSR count). The Morgan fingerprint density at radius 2 is 1.81 bits per heavy atom. The number of imidazole rings is 1. The molecule has 3 aromatic rings. The van der Waals surface area contributed by atoms with Crippen molar-refractivity contribution in [1.29, 1.82) is 0 Å². The highest BCUT2D eigenvalue weighted by Crippen LogP contribution is 2.32. The average molecular weight is 582 g/mol. The second-order valence-corrected chi connectivity index (χ2v) is 12.0. The van der Waals surface area contributed by atoms with Gasteiger partial charge >= 0.3 is 0 Å². The number of halogens is 2. The first-order valence-corrected chi connectivity index (χ1v) is 15.4. The molecule has 0 N–H and O–H groups in total. The third-order valence-corrected chi connectivity index (χ3v) is 9.16. The first-order valence-electron chi connectivity index (χ1n) is 15.4. The number of anilines is 1. The Kier molecular flexibility index (Phi) is 8.67. The van der Waals surface area contributed by atoms with E-state index < -0.39 is 6.43 Å². The molecule has 3 aliphatic rings. The number of rotatable bonds is 8. The molecular weight excluding hydrogens is 540 g/mol. The Hall–Kier alpha value is -3.18. The predicted octanol–water partition coefficient (Wildman–Crippen LogP) is 4.81. The van der Waals surface area contributed by atoms with Gasteiger partial charge in [0.25, 0.3) is 6.43 Å². The van der Waals surface area contributed by atoms with Gasteiger partial charge in [0.15, 0.2) is 5.82 Å². The highest BCUT2D eigenvalue weighted by Gasteiger charge is 2.34. The lowest BCUT2D eigenvalue weighted by molar-refractivity contribution is -0.136. The summed E-state index contributed by atoms with van der Waals surface area (Å²) in [5.74, 6) is 2.19. The number of para-hydroxylation sites is 2. The van der Waals surface area contributed by atoms with Crippen molar-refractivity contribution in [3.05, 3.63) is 42.0 Å². The second kappa shape index (κ2) is 12.6. The van der Waals surface area contributed by atoms with Crippen LogP contribution in [0, 0.1) is 5.92 Å². The number of carbonyl (C=O) groups excluding carboxylic acids is 1. The number of piperidine rings is 1. The predicted molar refractivity (Wildman–Crippen MR) is 157 cm³/mol. The number of likely N-dealkylation sites (tertiary alicyclic amines) is 2. The van der Waals surface area contributed by atoms with Gasteiger partial charge in [0.2, 0.25) is 5.91 Å². The van der Waals surface area contributed by atoms with Crippen molar-refractivity contribution >= 4 is 22.8 Å². The van der Waals surface area contributed by atoms with E-state index in [2.05, 4.69) is 33.7 Å². The highest BCUT2D eigenvalue weighted by atomic mass is 19.3. The van der Waals surface area contributed by atoms with Gasteiger partial charge in [0, 0.05) is 38.2 Å². The highest BCUT2D eigenvalue weighted by molar-refractivity contribution is 5.82. The number of likely N-dealkylation sites (N-methyl/N-ethyl adjacent to an activating group) is 1. The van der Waals surface area contributed by atoms with Crippen LogP contribution in [0.3, 0.4) is 0 Å². The zero-order valence-electron chi connectivity index (χ0n) is 24.6. The summed E-state index contributed by atoms with van der Waals surface area (Å²) in [6.45, 7) is 7.26. The molecular formula is C31H41F2N7O2. The summed E-state index contributed by atoms with van der Waals surface area (Å²) >= 11 is 0. The van der Waals surface area contributed by atoms with E-state index in [-0.39, 0.29) is 23.7 Å². The zero-order chi connectivity index (χ0) is 29.2. The lowest BCUT2D eigenvalue weighted by Gasteiger charge is -2.34. The molecule has 0 saturated carbocycles. The third kappa shape index (κ3) is 5.99. The molecule has 2 aromatic heterocycles. The summed E-state index contributed by atoms with van der Waals surface area (Å²) in [6.07, 6.45) is 3.31. The number of hydrogen-bond acceptors (Lipinski definition) is 7. The van der Waals surface area contributed by atoms with E-state index in [0.717, 1.165) is 64.0 Å². The first kappa shape index (κ1) is 28.9. The van der Waals surface area contributed by atoms with Gasteiger partial charge in [-0.2, -0.15) is 0 Å². The largest absolute Gasteiger partial charge is 0.378 e. The summed E-state index contributed by atoms with van der Waals surface area (Å²) in [4.78, 5) is 33.7. The summed E-state index contributed by atoms with van der Waals surface area (Å²) < 4.78 is 35.4. The van der Waals surface area contributed by atoms with Crippen LogP contribution in [0.15, 0.2) is 30.3 Å². The molecule has 0 bridgehead atoms. The van der Waals surface area contributed by atoms with Crippen LogP contribution in [0.25, 0.3) is 16.9 Å². The molecule has 5 heterocycles. The van der Waals surface area contributed by atoms with Gasteiger partial charge in [0.05, 0.1) is 30.3 Å². The van der Waals surface area contributed by atoms with Gasteiger partial charge in [-0.15, -0.1) is 0 Å². The summed E-state index contributed by atoms with van der Waals surface area (Å²) in [6, 6.07) is 8.98. The molecule has 1 aromatic carbocycles. The van der Waals surface area contributed by atoms with E-state index in [4.69, 9.17) is 14.7 Å². The van der Waals surface area contributed by atoms with Gasteiger partial charge in [0.1, 0.15) is 17.5 Å². The van der Waals surface area contributed by atoms with Gasteiger partial charge in [-0.3, -0.25) is 14.3 Å². The van der Waals surface area contributed by atoms with E-state index in [1.54, 1.807) is 24.3 Å². The van der Waals surface area contributed by atoms with Crippen LogP contribution in [-0.2, 0) is 9.53 Å². The molecule has 3 fully saturated rings. The average Bonchev–Trinajstić information content (AvgIpc) is 3.65. The molecule has 3 aliphatic heterocycles. The van der Waals surface area contributed by atoms with E-state index >= 15 is 0 Å². The van der Waals surface area contributed by atoms with Crippen molar-refractivity contribution in [2.75, 3.05) is 57.9 Å². The first-order chi connectivity index (χ1) is 20.4. The van der Waals surface area contributed by atoms with Crippen molar-refractivity contribution in [1.82, 2.24) is 29.3 Å². The van der Waals surface area contributed by atoms with Crippen molar-refractivity contribution < 1.29 is 18.3 Å². The van der Waals surface area contributed by atoms with E-state index in [1.807, 2.05) is 6.07 Å².